The summed E-state index contributed by atoms with van der Waals surface area (Å²) in [5.41, 5.74) is -0.570. The smallest absolute Gasteiger partial charge is 0.320 e. The number of hydrogen-bond acceptors (Lipinski definition) is 2. The minimum absolute atomic E-state index is 0.262. The average Bonchev–Trinajstić information content (AvgIpc) is 1.87. The highest BCUT2D eigenvalue weighted by Crippen LogP contribution is 2.13. The first kappa shape index (κ1) is 10.7. The highest BCUT2D eigenvalue weighted by atomic mass is 79.9. The van der Waals surface area contributed by atoms with Crippen LogP contribution in [0.2, 0.25) is 0 Å². The van der Waals surface area contributed by atoms with E-state index in [0.29, 0.717) is 0 Å². The average molecular weight is 221 g/mol. The number of hydrogen-bond donors (Lipinski definition) is 0. The molecule has 11 heavy (non-hydrogen) atoms. The third kappa shape index (κ3) is 4.19. The summed E-state index contributed by atoms with van der Waals surface area (Å²) >= 11 is 3.11. The first-order valence-corrected chi connectivity index (χ1v) is 4.31. The van der Waals surface area contributed by atoms with Crippen LogP contribution in [-0.2, 0) is 9.53 Å². The van der Waals surface area contributed by atoms with Crippen LogP contribution in [0.25, 0.3) is 0 Å². The second-order valence-corrected chi connectivity index (χ2v) is 4.22. The van der Waals surface area contributed by atoms with Crippen LogP contribution in [0.5, 0.6) is 0 Å². The SMILES string of the molecule is C=CC(C)(C)OC(=O)C(C)Br. The van der Waals surface area contributed by atoms with E-state index in [4.69, 9.17) is 4.74 Å². The monoisotopic (exact) mass is 220 g/mol. The van der Waals surface area contributed by atoms with Gasteiger partial charge >= 0.3 is 5.97 Å². The molecule has 0 fully saturated rings. The Morgan fingerprint density at radius 3 is 2.45 bits per heavy atom. The summed E-state index contributed by atoms with van der Waals surface area (Å²) < 4.78 is 5.04. The molecule has 0 amide bonds. The highest BCUT2D eigenvalue weighted by Gasteiger charge is 2.20. The third-order valence-corrected chi connectivity index (χ3v) is 1.55. The predicted molar refractivity (Wildman–Crippen MR) is 48.8 cm³/mol. The van der Waals surface area contributed by atoms with E-state index in [1.165, 1.54) is 0 Å². The van der Waals surface area contributed by atoms with Gasteiger partial charge in [0.1, 0.15) is 10.4 Å². The molecule has 0 aromatic heterocycles. The van der Waals surface area contributed by atoms with Gasteiger partial charge in [-0.15, -0.1) is 0 Å². The van der Waals surface area contributed by atoms with Crippen molar-refractivity contribution in [2.45, 2.75) is 31.2 Å². The largest absolute Gasteiger partial charge is 0.455 e. The molecule has 64 valence electrons. The van der Waals surface area contributed by atoms with E-state index < -0.39 is 5.60 Å². The van der Waals surface area contributed by atoms with Crippen molar-refractivity contribution in [2.24, 2.45) is 0 Å². The fraction of sp³-hybridized carbons (Fsp3) is 0.625. The van der Waals surface area contributed by atoms with Gasteiger partial charge in [0, 0.05) is 0 Å². The van der Waals surface area contributed by atoms with Crippen LogP contribution in [0.3, 0.4) is 0 Å². The van der Waals surface area contributed by atoms with Gasteiger partial charge in [-0.3, -0.25) is 4.79 Å². The molecule has 0 saturated heterocycles. The maximum absolute atomic E-state index is 11.0. The second-order valence-electron chi connectivity index (χ2n) is 2.84. The summed E-state index contributed by atoms with van der Waals surface area (Å²) in [5.74, 6) is -0.269. The Bertz CT molecular complexity index is 161. The standard InChI is InChI=1S/C8H13BrO2/c1-5-8(3,4)11-7(10)6(2)9/h5-6H,1H2,2-4H3. The molecule has 0 aliphatic rings. The van der Waals surface area contributed by atoms with Crippen LogP contribution in [0, 0.1) is 0 Å². The zero-order valence-corrected chi connectivity index (χ0v) is 8.64. The van der Waals surface area contributed by atoms with Gasteiger partial charge in [0.05, 0.1) is 0 Å². The molecule has 2 nitrogen and oxygen atoms in total. The van der Waals surface area contributed by atoms with Crippen LogP contribution in [0.4, 0.5) is 0 Å². The highest BCUT2D eigenvalue weighted by molar-refractivity contribution is 9.10. The molecule has 0 N–H and O–H groups in total. The number of carbonyl (C=O) groups is 1. The van der Waals surface area contributed by atoms with Crippen molar-refractivity contribution in [1.29, 1.82) is 0 Å². The predicted octanol–water partition coefficient (Wildman–Crippen LogP) is 2.28. The number of carbonyl (C=O) groups excluding carboxylic acids is 1. The lowest BCUT2D eigenvalue weighted by Gasteiger charge is -2.21. The molecule has 0 aliphatic heterocycles. The molecule has 0 heterocycles. The molecular formula is C8H13BrO2. The van der Waals surface area contributed by atoms with Crippen molar-refractivity contribution in [1.82, 2.24) is 0 Å². The molecule has 0 aromatic carbocycles. The summed E-state index contributed by atoms with van der Waals surface area (Å²) in [4.78, 5) is 10.7. The van der Waals surface area contributed by atoms with Crippen LogP contribution in [0.15, 0.2) is 12.7 Å². The Balaban J connectivity index is 4.04. The van der Waals surface area contributed by atoms with Crippen molar-refractivity contribution in [2.75, 3.05) is 0 Å². The van der Waals surface area contributed by atoms with Crippen molar-refractivity contribution in [3.05, 3.63) is 12.7 Å². The zero-order valence-electron chi connectivity index (χ0n) is 7.06. The van der Waals surface area contributed by atoms with Gasteiger partial charge in [-0.2, -0.15) is 0 Å². The maximum atomic E-state index is 11.0. The van der Waals surface area contributed by atoms with E-state index >= 15 is 0 Å². The minimum atomic E-state index is -0.570. The molecule has 0 aromatic rings. The summed E-state index contributed by atoms with van der Waals surface area (Å²) in [6.45, 7) is 8.85. The van der Waals surface area contributed by atoms with Gasteiger partial charge in [-0.05, 0) is 26.8 Å². The quantitative estimate of drug-likeness (QED) is 0.415. The van der Waals surface area contributed by atoms with Crippen molar-refractivity contribution in [3.63, 3.8) is 0 Å². The number of esters is 1. The molecule has 0 bridgehead atoms. The lowest BCUT2D eigenvalue weighted by Crippen LogP contribution is -2.28. The topological polar surface area (TPSA) is 26.3 Å². The van der Waals surface area contributed by atoms with Crippen LogP contribution >= 0.6 is 15.9 Å². The minimum Gasteiger partial charge on any atom is -0.455 e. The van der Waals surface area contributed by atoms with Crippen LogP contribution in [-0.4, -0.2) is 16.4 Å². The van der Waals surface area contributed by atoms with E-state index in [-0.39, 0.29) is 10.8 Å². The van der Waals surface area contributed by atoms with Gasteiger partial charge in [-0.1, -0.05) is 22.5 Å². The summed E-state index contributed by atoms with van der Waals surface area (Å²) in [5, 5.41) is 0. The first-order chi connectivity index (χ1) is 4.89. The maximum Gasteiger partial charge on any atom is 0.320 e. The zero-order chi connectivity index (χ0) is 9.07. The number of rotatable bonds is 3. The van der Waals surface area contributed by atoms with E-state index in [1.807, 2.05) is 0 Å². The molecule has 0 spiro atoms. The Morgan fingerprint density at radius 2 is 2.18 bits per heavy atom. The molecular weight excluding hydrogens is 208 g/mol. The molecule has 0 rings (SSSR count). The van der Waals surface area contributed by atoms with Crippen LogP contribution < -0.4 is 0 Å². The third-order valence-electron chi connectivity index (χ3n) is 1.18. The van der Waals surface area contributed by atoms with Gasteiger partial charge in [-0.25, -0.2) is 0 Å². The summed E-state index contributed by atoms with van der Waals surface area (Å²) in [7, 11) is 0. The van der Waals surface area contributed by atoms with Gasteiger partial charge in [0.2, 0.25) is 0 Å². The second kappa shape index (κ2) is 3.90. The molecule has 3 heteroatoms. The summed E-state index contributed by atoms with van der Waals surface area (Å²) in [6, 6.07) is 0. The van der Waals surface area contributed by atoms with Gasteiger partial charge in [0.15, 0.2) is 0 Å². The molecule has 0 radical (unpaired) electrons. The van der Waals surface area contributed by atoms with Crippen LogP contribution in [0.1, 0.15) is 20.8 Å². The lowest BCUT2D eigenvalue weighted by molar-refractivity contribution is -0.151. The van der Waals surface area contributed by atoms with E-state index in [0.717, 1.165) is 0 Å². The first-order valence-electron chi connectivity index (χ1n) is 3.39. The van der Waals surface area contributed by atoms with Crippen molar-refractivity contribution in [3.8, 4) is 0 Å². The van der Waals surface area contributed by atoms with E-state index in [1.54, 1.807) is 26.8 Å². The van der Waals surface area contributed by atoms with Crippen molar-refractivity contribution < 1.29 is 9.53 Å². The number of ether oxygens (including phenoxy) is 1. The Kier molecular flexibility index (Phi) is 3.79. The number of halogens is 1. The van der Waals surface area contributed by atoms with E-state index in [2.05, 4.69) is 22.5 Å². The Labute approximate surface area is 75.7 Å². The molecule has 1 atom stereocenters. The molecule has 0 saturated carbocycles. The normalized spacial score (nSPS) is 13.8. The fourth-order valence-corrected chi connectivity index (χ4v) is 0.476. The molecule has 1 unspecified atom stereocenters. The van der Waals surface area contributed by atoms with Gasteiger partial charge in [0.25, 0.3) is 0 Å². The fourth-order valence-electron chi connectivity index (χ4n) is 0.382. The number of alkyl halides is 1. The van der Waals surface area contributed by atoms with Gasteiger partial charge < -0.3 is 4.74 Å². The summed E-state index contributed by atoms with van der Waals surface area (Å²) in [6.07, 6.45) is 1.60. The Morgan fingerprint density at radius 1 is 1.73 bits per heavy atom. The molecule has 0 aliphatic carbocycles. The van der Waals surface area contributed by atoms with E-state index in [9.17, 15) is 4.79 Å². The lowest BCUT2D eigenvalue weighted by atomic mass is 10.1. The van der Waals surface area contributed by atoms with Crippen molar-refractivity contribution >= 4 is 21.9 Å². The Hall–Kier alpha value is -0.310.